The van der Waals surface area contributed by atoms with Gasteiger partial charge in [-0.25, -0.2) is 9.78 Å². The van der Waals surface area contributed by atoms with Crippen molar-refractivity contribution >= 4 is 11.8 Å². The minimum absolute atomic E-state index is 0.153. The summed E-state index contributed by atoms with van der Waals surface area (Å²) in [6.07, 6.45) is 1.72. The number of aromatic nitrogens is 1. The average Bonchev–Trinajstić information content (AvgIpc) is 2.41. The molecule has 0 amide bonds. The Balaban J connectivity index is 2.90. The Hall–Kier alpha value is -1.91. The number of aryl methyl sites for hydroxylation is 2. The predicted octanol–water partition coefficient (Wildman–Crippen LogP) is 1.11. The summed E-state index contributed by atoms with van der Waals surface area (Å²) < 4.78 is 5.03. The maximum absolute atomic E-state index is 11.3. The van der Waals surface area contributed by atoms with E-state index in [9.17, 15) is 9.59 Å². The number of carboxylic acids is 1. The summed E-state index contributed by atoms with van der Waals surface area (Å²) in [7, 11) is 0. The SMILES string of the molecule is Cc1nc(C(=O)/C=C/C(=O)O)c(C)o1. The fourth-order valence-electron chi connectivity index (χ4n) is 0.983. The zero-order valence-corrected chi connectivity index (χ0v) is 7.77. The van der Waals surface area contributed by atoms with E-state index < -0.39 is 11.8 Å². The van der Waals surface area contributed by atoms with Gasteiger partial charge in [-0.15, -0.1) is 0 Å². The van der Waals surface area contributed by atoms with Gasteiger partial charge >= 0.3 is 5.97 Å². The van der Waals surface area contributed by atoms with Crippen LogP contribution in [0.5, 0.6) is 0 Å². The molecule has 0 aliphatic rings. The molecule has 0 bridgehead atoms. The Morgan fingerprint density at radius 1 is 1.36 bits per heavy atom. The largest absolute Gasteiger partial charge is 0.478 e. The third-order valence-corrected chi connectivity index (χ3v) is 1.51. The Kier molecular flexibility index (Phi) is 2.81. The maximum atomic E-state index is 11.3. The molecule has 0 unspecified atom stereocenters. The van der Waals surface area contributed by atoms with Crippen LogP contribution in [0.25, 0.3) is 0 Å². The number of carbonyl (C=O) groups is 2. The minimum Gasteiger partial charge on any atom is -0.478 e. The molecule has 0 fully saturated rings. The molecule has 0 radical (unpaired) electrons. The third-order valence-electron chi connectivity index (χ3n) is 1.51. The summed E-state index contributed by atoms with van der Waals surface area (Å²) in [6.45, 7) is 3.21. The number of rotatable bonds is 3. The van der Waals surface area contributed by atoms with Gasteiger partial charge in [-0.05, 0) is 13.0 Å². The molecule has 0 saturated heterocycles. The smallest absolute Gasteiger partial charge is 0.328 e. The van der Waals surface area contributed by atoms with Gasteiger partial charge in [-0.1, -0.05) is 0 Å². The fraction of sp³-hybridized carbons (Fsp3) is 0.222. The highest BCUT2D eigenvalue weighted by atomic mass is 16.4. The van der Waals surface area contributed by atoms with Crippen molar-refractivity contribution in [3.63, 3.8) is 0 Å². The number of allylic oxidation sites excluding steroid dienone is 1. The van der Waals surface area contributed by atoms with Gasteiger partial charge in [0.05, 0.1) is 0 Å². The molecule has 0 aromatic carbocycles. The lowest BCUT2D eigenvalue weighted by atomic mass is 10.2. The van der Waals surface area contributed by atoms with E-state index in [-0.39, 0.29) is 5.69 Å². The average molecular weight is 195 g/mol. The number of aliphatic carboxylic acids is 1. The molecule has 0 aliphatic carbocycles. The quantitative estimate of drug-likeness (QED) is 0.577. The molecule has 14 heavy (non-hydrogen) atoms. The first-order chi connectivity index (χ1) is 6.50. The molecule has 5 nitrogen and oxygen atoms in total. The molecule has 0 atom stereocenters. The van der Waals surface area contributed by atoms with Crippen LogP contribution in [0, 0.1) is 13.8 Å². The highest BCUT2D eigenvalue weighted by molar-refractivity contribution is 6.06. The lowest BCUT2D eigenvalue weighted by Crippen LogP contribution is -1.99. The second kappa shape index (κ2) is 3.87. The van der Waals surface area contributed by atoms with Crippen molar-refractivity contribution in [1.29, 1.82) is 0 Å². The predicted molar refractivity (Wildman–Crippen MR) is 47.1 cm³/mol. The van der Waals surface area contributed by atoms with Crippen LogP contribution in [-0.4, -0.2) is 21.8 Å². The lowest BCUT2D eigenvalue weighted by molar-refractivity contribution is -0.131. The molecule has 74 valence electrons. The van der Waals surface area contributed by atoms with E-state index in [2.05, 4.69) is 4.98 Å². The van der Waals surface area contributed by atoms with E-state index in [1.807, 2.05) is 0 Å². The highest BCUT2D eigenvalue weighted by Crippen LogP contribution is 2.09. The van der Waals surface area contributed by atoms with E-state index in [4.69, 9.17) is 9.52 Å². The van der Waals surface area contributed by atoms with Crippen LogP contribution in [0.4, 0.5) is 0 Å². The van der Waals surface area contributed by atoms with Gasteiger partial charge in [0.2, 0.25) is 5.78 Å². The normalized spacial score (nSPS) is 10.7. The number of nitrogens with zero attached hydrogens (tertiary/aromatic N) is 1. The second-order valence-electron chi connectivity index (χ2n) is 2.67. The topological polar surface area (TPSA) is 80.4 Å². The molecule has 0 aliphatic heterocycles. The Morgan fingerprint density at radius 3 is 2.43 bits per heavy atom. The maximum Gasteiger partial charge on any atom is 0.328 e. The molecule has 1 heterocycles. The van der Waals surface area contributed by atoms with Crippen molar-refractivity contribution in [2.24, 2.45) is 0 Å². The molecular weight excluding hydrogens is 186 g/mol. The second-order valence-corrected chi connectivity index (χ2v) is 2.67. The minimum atomic E-state index is -1.17. The van der Waals surface area contributed by atoms with Crippen molar-refractivity contribution in [3.05, 3.63) is 29.5 Å². The van der Waals surface area contributed by atoms with Gasteiger partial charge in [-0.3, -0.25) is 4.79 Å². The molecule has 1 N–H and O–H groups in total. The number of ketones is 1. The summed E-state index contributed by atoms with van der Waals surface area (Å²) in [5.74, 6) is -0.866. The van der Waals surface area contributed by atoms with E-state index in [0.717, 1.165) is 12.2 Å². The fourth-order valence-corrected chi connectivity index (χ4v) is 0.983. The summed E-state index contributed by atoms with van der Waals surface area (Å²) in [4.78, 5) is 25.3. The monoisotopic (exact) mass is 195 g/mol. The summed E-state index contributed by atoms with van der Waals surface area (Å²) in [6, 6.07) is 0. The first-order valence-corrected chi connectivity index (χ1v) is 3.90. The van der Waals surface area contributed by atoms with Gasteiger partial charge in [0.25, 0.3) is 0 Å². The molecule has 5 heteroatoms. The number of hydrogen-bond donors (Lipinski definition) is 1. The molecular formula is C9H9NO4. The van der Waals surface area contributed by atoms with Crippen molar-refractivity contribution in [3.8, 4) is 0 Å². The van der Waals surface area contributed by atoms with Gasteiger partial charge in [-0.2, -0.15) is 0 Å². The Bertz CT molecular complexity index is 403. The number of oxazole rings is 1. The molecule has 0 spiro atoms. The van der Waals surface area contributed by atoms with Gasteiger partial charge < -0.3 is 9.52 Å². The molecule has 1 aromatic rings. The number of hydrogen-bond acceptors (Lipinski definition) is 4. The van der Waals surface area contributed by atoms with Crippen LogP contribution in [0.2, 0.25) is 0 Å². The number of carboxylic acid groups (broad SMARTS) is 1. The summed E-state index contributed by atoms with van der Waals surface area (Å²) in [5, 5.41) is 8.30. The van der Waals surface area contributed by atoms with Gasteiger partial charge in [0, 0.05) is 13.0 Å². The Morgan fingerprint density at radius 2 is 2.00 bits per heavy atom. The first kappa shape index (κ1) is 10.2. The van der Waals surface area contributed by atoms with Crippen molar-refractivity contribution in [1.82, 2.24) is 4.98 Å². The van der Waals surface area contributed by atoms with Crippen LogP contribution >= 0.6 is 0 Å². The zero-order valence-electron chi connectivity index (χ0n) is 7.77. The standard InChI is InChI=1S/C9H9NO4/c1-5-9(10-6(2)14-5)7(11)3-4-8(12)13/h3-4H,1-2H3,(H,12,13)/b4-3+. The van der Waals surface area contributed by atoms with E-state index >= 15 is 0 Å². The van der Waals surface area contributed by atoms with Gasteiger partial charge in [0.15, 0.2) is 11.6 Å². The van der Waals surface area contributed by atoms with Crippen LogP contribution in [-0.2, 0) is 4.79 Å². The lowest BCUT2D eigenvalue weighted by Gasteiger charge is -1.87. The van der Waals surface area contributed by atoms with E-state index in [1.54, 1.807) is 13.8 Å². The van der Waals surface area contributed by atoms with Crippen LogP contribution in [0.3, 0.4) is 0 Å². The Labute approximate surface area is 80.1 Å². The van der Waals surface area contributed by atoms with Crippen LogP contribution < -0.4 is 0 Å². The zero-order chi connectivity index (χ0) is 10.7. The number of carbonyl (C=O) groups excluding carboxylic acids is 1. The third kappa shape index (κ3) is 2.29. The first-order valence-electron chi connectivity index (χ1n) is 3.90. The van der Waals surface area contributed by atoms with E-state index in [1.165, 1.54) is 0 Å². The van der Waals surface area contributed by atoms with Gasteiger partial charge in [0.1, 0.15) is 5.76 Å². The molecule has 0 saturated carbocycles. The molecule has 1 rings (SSSR count). The van der Waals surface area contributed by atoms with Crippen LogP contribution in [0.1, 0.15) is 22.1 Å². The molecule has 1 aromatic heterocycles. The highest BCUT2D eigenvalue weighted by Gasteiger charge is 2.12. The van der Waals surface area contributed by atoms with Crippen molar-refractivity contribution in [2.45, 2.75) is 13.8 Å². The van der Waals surface area contributed by atoms with Crippen LogP contribution in [0.15, 0.2) is 16.6 Å². The van der Waals surface area contributed by atoms with Crippen molar-refractivity contribution < 1.29 is 19.1 Å². The van der Waals surface area contributed by atoms with Crippen molar-refractivity contribution in [2.75, 3.05) is 0 Å². The van der Waals surface area contributed by atoms with E-state index in [0.29, 0.717) is 11.7 Å². The summed E-state index contributed by atoms with van der Waals surface area (Å²) >= 11 is 0. The summed E-state index contributed by atoms with van der Waals surface area (Å²) in [5.41, 5.74) is 0.153.